The van der Waals surface area contributed by atoms with Crippen LogP contribution in [0.15, 0.2) is 36.5 Å². The molecule has 4 nitrogen and oxygen atoms in total. The number of benzene rings is 1. The lowest BCUT2D eigenvalue weighted by atomic mass is 10.2. The van der Waals surface area contributed by atoms with E-state index in [-0.39, 0.29) is 5.56 Å². The van der Waals surface area contributed by atoms with Crippen LogP contribution in [0.1, 0.15) is 10.4 Å². The van der Waals surface area contributed by atoms with Crippen molar-refractivity contribution < 1.29 is 9.90 Å². The van der Waals surface area contributed by atoms with Gasteiger partial charge in [-0.15, -0.1) is 0 Å². The van der Waals surface area contributed by atoms with Crippen LogP contribution in [0, 0.1) is 0 Å². The number of hydrogen-bond acceptors (Lipinski definition) is 3. The van der Waals surface area contributed by atoms with Crippen LogP contribution in [0.25, 0.3) is 0 Å². The van der Waals surface area contributed by atoms with Crippen LogP contribution in [0.5, 0.6) is 0 Å². The van der Waals surface area contributed by atoms with Crippen molar-refractivity contribution in [2.24, 2.45) is 0 Å². The molecule has 1 aromatic heterocycles. The van der Waals surface area contributed by atoms with E-state index in [9.17, 15) is 4.79 Å². The summed E-state index contributed by atoms with van der Waals surface area (Å²) in [6, 6.07) is 7.79. The summed E-state index contributed by atoms with van der Waals surface area (Å²) in [7, 11) is 0. The van der Waals surface area contributed by atoms with Crippen molar-refractivity contribution in [3.8, 4) is 0 Å². The smallest absolute Gasteiger partial charge is 0.335 e. The van der Waals surface area contributed by atoms with E-state index in [1.807, 2.05) is 0 Å². The highest BCUT2D eigenvalue weighted by Crippen LogP contribution is 2.24. The fourth-order valence-corrected chi connectivity index (χ4v) is 1.93. The number of aromatic nitrogens is 1. The van der Waals surface area contributed by atoms with Gasteiger partial charge >= 0.3 is 5.97 Å². The van der Waals surface area contributed by atoms with Crippen molar-refractivity contribution >= 4 is 40.7 Å². The number of halogens is 2. The first-order chi connectivity index (χ1) is 8.54. The zero-order chi connectivity index (χ0) is 13.1. The maximum atomic E-state index is 10.8. The van der Waals surface area contributed by atoms with Crippen LogP contribution >= 0.6 is 23.2 Å². The molecule has 92 valence electrons. The summed E-state index contributed by atoms with van der Waals surface area (Å²) >= 11 is 11.7. The number of carbonyl (C=O) groups is 1. The van der Waals surface area contributed by atoms with Gasteiger partial charge in [-0.05, 0) is 30.3 Å². The Morgan fingerprint density at radius 1 is 1.17 bits per heavy atom. The first-order valence-electron chi connectivity index (χ1n) is 4.97. The normalized spacial score (nSPS) is 10.1. The second-order valence-electron chi connectivity index (χ2n) is 3.52. The monoisotopic (exact) mass is 282 g/mol. The predicted octanol–water partition coefficient (Wildman–Crippen LogP) is 3.83. The Kier molecular flexibility index (Phi) is 3.69. The van der Waals surface area contributed by atoms with Crippen molar-refractivity contribution in [3.05, 3.63) is 52.1 Å². The molecule has 18 heavy (non-hydrogen) atoms. The van der Waals surface area contributed by atoms with Gasteiger partial charge in [-0.3, -0.25) is 0 Å². The molecule has 0 aliphatic rings. The van der Waals surface area contributed by atoms with Crippen molar-refractivity contribution in [1.82, 2.24) is 4.98 Å². The van der Waals surface area contributed by atoms with Crippen LogP contribution in [-0.4, -0.2) is 16.1 Å². The van der Waals surface area contributed by atoms with Crippen LogP contribution in [0.4, 0.5) is 11.5 Å². The Balaban J connectivity index is 2.28. The Labute approximate surface area is 113 Å². The fraction of sp³-hybridized carbons (Fsp3) is 0. The molecule has 6 heteroatoms. The number of aromatic carboxylic acids is 1. The topological polar surface area (TPSA) is 62.2 Å². The standard InChI is InChI=1S/C12H8Cl2N2O2/c13-8-4-9(14)6-10(5-8)16-11-3-7(12(17)18)1-2-15-11/h1-6H,(H,15,16)(H,17,18). The van der Waals surface area contributed by atoms with Gasteiger partial charge in [0.1, 0.15) is 5.82 Å². The molecule has 0 radical (unpaired) electrons. The van der Waals surface area contributed by atoms with E-state index in [4.69, 9.17) is 28.3 Å². The third-order valence-corrected chi connectivity index (χ3v) is 2.58. The summed E-state index contributed by atoms with van der Waals surface area (Å²) in [4.78, 5) is 14.8. The van der Waals surface area contributed by atoms with Crippen molar-refractivity contribution in [2.45, 2.75) is 0 Å². The third kappa shape index (κ3) is 3.12. The largest absolute Gasteiger partial charge is 0.478 e. The average Bonchev–Trinajstić information content (AvgIpc) is 2.27. The molecule has 0 fully saturated rings. The van der Waals surface area contributed by atoms with Crippen LogP contribution < -0.4 is 5.32 Å². The van der Waals surface area contributed by atoms with Crippen LogP contribution in [0.3, 0.4) is 0 Å². The molecule has 2 N–H and O–H groups in total. The van der Waals surface area contributed by atoms with Gasteiger partial charge in [0.2, 0.25) is 0 Å². The number of anilines is 2. The van der Waals surface area contributed by atoms with E-state index in [2.05, 4.69) is 10.3 Å². The lowest BCUT2D eigenvalue weighted by Gasteiger charge is -2.07. The third-order valence-electron chi connectivity index (χ3n) is 2.14. The molecule has 0 saturated carbocycles. The lowest BCUT2D eigenvalue weighted by Crippen LogP contribution is -1.99. The van der Waals surface area contributed by atoms with Crippen molar-refractivity contribution in [3.63, 3.8) is 0 Å². The highest BCUT2D eigenvalue weighted by molar-refractivity contribution is 6.35. The van der Waals surface area contributed by atoms with E-state index >= 15 is 0 Å². The van der Waals surface area contributed by atoms with E-state index in [0.717, 1.165) is 0 Å². The maximum Gasteiger partial charge on any atom is 0.335 e. The van der Waals surface area contributed by atoms with Crippen molar-refractivity contribution in [2.75, 3.05) is 5.32 Å². The highest BCUT2D eigenvalue weighted by atomic mass is 35.5. The number of nitrogens with zero attached hydrogens (tertiary/aromatic N) is 1. The molecule has 0 aliphatic heterocycles. The van der Waals surface area contributed by atoms with Gasteiger partial charge < -0.3 is 10.4 Å². The Morgan fingerprint density at radius 2 is 1.83 bits per heavy atom. The molecule has 0 saturated heterocycles. The van der Waals surface area contributed by atoms with Gasteiger partial charge in [-0.25, -0.2) is 9.78 Å². The SMILES string of the molecule is O=C(O)c1ccnc(Nc2cc(Cl)cc(Cl)c2)c1. The summed E-state index contributed by atoms with van der Waals surface area (Å²) in [5, 5.41) is 12.8. The number of pyridine rings is 1. The Hall–Kier alpha value is -1.78. The molecule has 0 unspecified atom stereocenters. The number of carboxylic acid groups (broad SMARTS) is 1. The summed E-state index contributed by atoms with van der Waals surface area (Å²) in [5.41, 5.74) is 0.795. The van der Waals surface area contributed by atoms with Gasteiger partial charge in [0.15, 0.2) is 0 Å². The second kappa shape index (κ2) is 5.25. The lowest BCUT2D eigenvalue weighted by molar-refractivity contribution is 0.0697. The summed E-state index contributed by atoms with van der Waals surface area (Å²) in [6.45, 7) is 0. The van der Waals surface area contributed by atoms with Crippen LogP contribution in [-0.2, 0) is 0 Å². The van der Waals surface area contributed by atoms with Crippen molar-refractivity contribution in [1.29, 1.82) is 0 Å². The van der Waals surface area contributed by atoms with E-state index in [1.54, 1.807) is 18.2 Å². The molecule has 0 spiro atoms. The quantitative estimate of drug-likeness (QED) is 0.898. The summed E-state index contributed by atoms with van der Waals surface area (Å²) in [5.74, 6) is -0.599. The average molecular weight is 283 g/mol. The number of nitrogens with one attached hydrogen (secondary N) is 1. The number of carboxylic acids is 1. The summed E-state index contributed by atoms with van der Waals surface area (Å²) in [6.07, 6.45) is 1.41. The zero-order valence-corrected chi connectivity index (χ0v) is 10.5. The summed E-state index contributed by atoms with van der Waals surface area (Å²) < 4.78 is 0. The predicted molar refractivity (Wildman–Crippen MR) is 70.9 cm³/mol. The van der Waals surface area contributed by atoms with E-state index < -0.39 is 5.97 Å². The molecular weight excluding hydrogens is 275 g/mol. The van der Waals surface area contributed by atoms with E-state index in [1.165, 1.54) is 18.3 Å². The second-order valence-corrected chi connectivity index (χ2v) is 4.39. The zero-order valence-electron chi connectivity index (χ0n) is 9.02. The first kappa shape index (κ1) is 12.7. The Bertz CT molecular complexity index is 582. The van der Waals surface area contributed by atoms with E-state index in [0.29, 0.717) is 21.6 Å². The molecule has 1 aromatic carbocycles. The van der Waals surface area contributed by atoms with Gasteiger partial charge in [-0.2, -0.15) is 0 Å². The van der Waals surface area contributed by atoms with Gasteiger partial charge in [0.05, 0.1) is 5.56 Å². The first-order valence-corrected chi connectivity index (χ1v) is 5.72. The van der Waals surface area contributed by atoms with Crippen LogP contribution in [0.2, 0.25) is 10.0 Å². The molecule has 0 amide bonds. The molecule has 0 aliphatic carbocycles. The molecule has 0 atom stereocenters. The highest BCUT2D eigenvalue weighted by Gasteiger charge is 2.05. The maximum absolute atomic E-state index is 10.8. The number of hydrogen-bond donors (Lipinski definition) is 2. The molecule has 1 heterocycles. The minimum atomic E-state index is -1.01. The minimum Gasteiger partial charge on any atom is -0.478 e. The molecule has 0 bridgehead atoms. The minimum absolute atomic E-state index is 0.153. The van der Waals surface area contributed by atoms with Gasteiger partial charge in [0.25, 0.3) is 0 Å². The Morgan fingerprint density at radius 3 is 2.44 bits per heavy atom. The van der Waals surface area contributed by atoms with Gasteiger partial charge in [-0.1, -0.05) is 23.2 Å². The molecule has 2 rings (SSSR count). The molecular formula is C12H8Cl2N2O2. The number of rotatable bonds is 3. The molecule has 2 aromatic rings. The van der Waals surface area contributed by atoms with Gasteiger partial charge in [0, 0.05) is 21.9 Å². The fourth-order valence-electron chi connectivity index (χ4n) is 1.41.